The lowest BCUT2D eigenvalue weighted by atomic mass is 10.5. The van der Waals surface area contributed by atoms with Crippen LogP contribution >= 0.6 is 8.07 Å². The first kappa shape index (κ1) is 7.04. The van der Waals surface area contributed by atoms with Crippen LogP contribution in [0.4, 0.5) is 0 Å². The summed E-state index contributed by atoms with van der Waals surface area (Å²) >= 11 is 0. The van der Waals surface area contributed by atoms with Gasteiger partial charge in [-0.3, -0.25) is 4.78 Å². The largest absolute Gasteiger partial charge is 0.379 e. The molecule has 0 aliphatic carbocycles. The number of nitrogens with zero attached hydrogens (tertiary/aromatic N) is 3. The Morgan fingerprint density at radius 2 is 2.27 bits per heavy atom. The summed E-state index contributed by atoms with van der Waals surface area (Å²) in [6.07, 6.45) is 0. The number of hydrogen-bond donors (Lipinski definition) is 0. The van der Waals surface area contributed by atoms with Gasteiger partial charge in [0.25, 0.3) is 0 Å². The Labute approximate surface area is 66.7 Å². The molecule has 0 aromatic heterocycles. The van der Waals surface area contributed by atoms with Gasteiger partial charge in [-0.05, 0) is 13.8 Å². The predicted molar refractivity (Wildman–Crippen MR) is 45.8 cm³/mol. The SMILES string of the molecule is CC1=NN(C)P2C(C)=NO[C@@H]12. The normalized spacial score (nSPS) is 34.6. The fourth-order valence-corrected chi connectivity index (χ4v) is 3.29. The highest BCUT2D eigenvalue weighted by atomic mass is 31.1. The molecule has 0 aromatic carbocycles. The van der Waals surface area contributed by atoms with Crippen LogP contribution in [-0.2, 0) is 4.84 Å². The van der Waals surface area contributed by atoms with E-state index in [2.05, 4.69) is 10.3 Å². The fraction of sp³-hybridized carbons (Fsp3) is 0.667. The van der Waals surface area contributed by atoms with E-state index in [0.29, 0.717) is 0 Å². The van der Waals surface area contributed by atoms with E-state index in [9.17, 15) is 0 Å². The smallest absolute Gasteiger partial charge is 0.210 e. The van der Waals surface area contributed by atoms with E-state index in [1.807, 2.05) is 25.7 Å². The second-order valence-corrected chi connectivity index (χ2v) is 5.06. The van der Waals surface area contributed by atoms with Crippen molar-refractivity contribution in [3.05, 3.63) is 0 Å². The third-order valence-corrected chi connectivity index (χ3v) is 4.18. The maximum Gasteiger partial charge on any atom is 0.210 e. The Morgan fingerprint density at radius 1 is 1.55 bits per heavy atom. The van der Waals surface area contributed by atoms with E-state index in [-0.39, 0.29) is 5.85 Å². The molecule has 2 atom stereocenters. The van der Waals surface area contributed by atoms with Gasteiger partial charge >= 0.3 is 0 Å². The first-order chi connectivity index (χ1) is 5.20. The van der Waals surface area contributed by atoms with Crippen molar-refractivity contribution >= 4 is 19.2 Å². The van der Waals surface area contributed by atoms with Crippen LogP contribution in [0.5, 0.6) is 0 Å². The van der Waals surface area contributed by atoms with E-state index in [1.54, 1.807) is 0 Å². The molecule has 4 nitrogen and oxygen atoms in total. The molecule has 0 amide bonds. The highest BCUT2D eigenvalue weighted by Gasteiger charge is 2.41. The first-order valence-corrected chi connectivity index (χ1v) is 4.85. The van der Waals surface area contributed by atoms with Gasteiger partial charge in [-0.25, -0.2) is 0 Å². The van der Waals surface area contributed by atoms with Crippen LogP contribution in [0.25, 0.3) is 0 Å². The molecule has 0 spiro atoms. The zero-order chi connectivity index (χ0) is 8.01. The molecule has 0 radical (unpaired) electrons. The molecule has 60 valence electrons. The van der Waals surface area contributed by atoms with Gasteiger partial charge in [0.05, 0.1) is 5.71 Å². The Bertz CT molecular complexity index is 250. The van der Waals surface area contributed by atoms with Crippen molar-refractivity contribution in [3.8, 4) is 0 Å². The highest BCUT2D eigenvalue weighted by Crippen LogP contribution is 2.54. The van der Waals surface area contributed by atoms with Gasteiger partial charge in [0, 0.05) is 7.05 Å². The average molecular weight is 171 g/mol. The van der Waals surface area contributed by atoms with E-state index in [4.69, 9.17) is 4.84 Å². The minimum absolute atomic E-state index is 0.134. The minimum atomic E-state index is -0.397. The van der Waals surface area contributed by atoms with E-state index in [1.165, 1.54) is 0 Å². The molecule has 0 aromatic rings. The van der Waals surface area contributed by atoms with E-state index < -0.39 is 8.07 Å². The van der Waals surface area contributed by atoms with Crippen LogP contribution in [-0.4, -0.2) is 28.8 Å². The molecule has 0 N–H and O–H groups in total. The van der Waals surface area contributed by atoms with Gasteiger partial charge in [-0.15, -0.1) is 0 Å². The average Bonchev–Trinajstić information content (AvgIpc) is 2.41. The summed E-state index contributed by atoms with van der Waals surface area (Å²) in [7, 11) is 1.58. The Kier molecular flexibility index (Phi) is 1.39. The van der Waals surface area contributed by atoms with Crippen LogP contribution < -0.4 is 0 Å². The van der Waals surface area contributed by atoms with Crippen LogP contribution in [0.1, 0.15) is 13.8 Å². The summed E-state index contributed by atoms with van der Waals surface area (Å²) in [6, 6.07) is 0. The van der Waals surface area contributed by atoms with Gasteiger partial charge in [0.2, 0.25) is 5.85 Å². The van der Waals surface area contributed by atoms with Crippen molar-refractivity contribution in [2.75, 3.05) is 7.05 Å². The van der Waals surface area contributed by atoms with Crippen LogP contribution in [0.3, 0.4) is 0 Å². The minimum Gasteiger partial charge on any atom is -0.379 e. The molecule has 5 heteroatoms. The lowest BCUT2D eigenvalue weighted by molar-refractivity contribution is 0.168. The molecule has 2 aliphatic rings. The van der Waals surface area contributed by atoms with Crippen LogP contribution in [0.15, 0.2) is 10.3 Å². The maximum atomic E-state index is 5.22. The molecule has 0 bridgehead atoms. The number of oxime groups is 1. The summed E-state index contributed by atoms with van der Waals surface area (Å²) < 4.78 is 1.97. The van der Waals surface area contributed by atoms with Crippen molar-refractivity contribution in [1.82, 2.24) is 4.78 Å². The lowest BCUT2D eigenvalue weighted by Crippen LogP contribution is -2.11. The molecule has 0 fully saturated rings. The third kappa shape index (κ3) is 0.857. The Balaban J connectivity index is 2.28. The summed E-state index contributed by atoms with van der Waals surface area (Å²) in [4.78, 5) is 5.22. The molecule has 11 heavy (non-hydrogen) atoms. The number of fused-ring (bicyclic) bond motifs is 1. The predicted octanol–water partition coefficient (Wildman–Crippen LogP) is 1.39. The number of hydrazone groups is 1. The van der Waals surface area contributed by atoms with Crippen LogP contribution in [0.2, 0.25) is 0 Å². The fourth-order valence-electron chi connectivity index (χ4n) is 1.32. The first-order valence-electron chi connectivity index (χ1n) is 3.48. The second kappa shape index (κ2) is 2.18. The number of hydrogen-bond acceptors (Lipinski definition) is 4. The zero-order valence-electron chi connectivity index (χ0n) is 6.77. The standard InChI is InChI=1S/C6H10N3OP/c1-4-6-10-8-5(2)11(6)9(3)7-4/h6H,1-3H3/t6-,11?/m1/s1. The quantitative estimate of drug-likeness (QED) is 0.516. The van der Waals surface area contributed by atoms with Gasteiger partial charge < -0.3 is 4.84 Å². The molecule has 2 heterocycles. The Morgan fingerprint density at radius 3 is 2.91 bits per heavy atom. The van der Waals surface area contributed by atoms with E-state index in [0.717, 1.165) is 11.2 Å². The highest BCUT2D eigenvalue weighted by molar-refractivity contribution is 7.74. The summed E-state index contributed by atoms with van der Waals surface area (Å²) in [6.45, 7) is 3.98. The lowest BCUT2D eigenvalue weighted by Gasteiger charge is -2.14. The van der Waals surface area contributed by atoms with Gasteiger partial charge in [-0.1, -0.05) is 5.16 Å². The van der Waals surface area contributed by atoms with Crippen molar-refractivity contribution in [2.24, 2.45) is 10.3 Å². The zero-order valence-corrected chi connectivity index (χ0v) is 7.67. The van der Waals surface area contributed by atoms with Gasteiger partial charge in [0.15, 0.2) is 0 Å². The molecule has 0 saturated heterocycles. The molecule has 0 saturated carbocycles. The van der Waals surface area contributed by atoms with Crippen molar-refractivity contribution in [2.45, 2.75) is 19.7 Å². The molecule has 1 unspecified atom stereocenters. The topological polar surface area (TPSA) is 37.2 Å². The summed E-state index contributed by atoms with van der Waals surface area (Å²) in [5.41, 5.74) is 2.12. The molecular weight excluding hydrogens is 161 g/mol. The van der Waals surface area contributed by atoms with E-state index >= 15 is 0 Å². The molecular formula is C6H10N3OP. The molecule has 2 rings (SSSR count). The van der Waals surface area contributed by atoms with Crippen molar-refractivity contribution < 1.29 is 4.84 Å². The number of rotatable bonds is 0. The monoisotopic (exact) mass is 171 g/mol. The van der Waals surface area contributed by atoms with Crippen LogP contribution in [0, 0.1) is 0 Å². The second-order valence-electron chi connectivity index (χ2n) is 2.67. The van der Waals surface area contributed by atoms with Gasteiger partial charge in [-0.2, -0.15) is 5.10 Å². The Hall–Kier alpha value is -0.630. The maximum absolute atomic E-state index is 5.22. The summed E-state index contributed by atoms with van der Waals surface area (Å²) in [5, 5.41) is 8.24. The molecule has 2 aliphatic heterocycles. The van der Waals surface area contributed by atoms with Crippen molar-refractivity contribution in [1.29, 1.82) is 0 Å². The van der Waals surface area contributed by atoms with Crippen molar-refractivity contribution in [3.63, 3.8) is 0 Å². The third-order valence-electron chi connectivity index (χ3n) is 1.81. The van der Waals surface area contributed by atoms with Gasteiger partial charge in [0.1, 0.15) is 13.5 Å². The summed E-state index contributed by atoms with van der Waals surface area (Å²) in [5.74, 6) is 0.134.